The molecular formula is C19H13ClFN2O4. The van der Waals surface area contributed by atoms with Gasteiger partial charge >= 0.3 is 5.69 Å². The summed E-state index contributed by atoms with van der Waals surface area (Å²) in [6, 6.07) is 13.3. The van der Waals surface area contributed by atoms with Crippen LogP contribution in [0.2, 0.25) is 5.02 Å². The zero-order valence-electron chi connectivity index (χ0n) is 14.3. The van der Waals surface area contributed by atoms with Gasteiger partial charge in [0.15, 0.2) is 17.3 Å². The lowest BCUT2D eigenvalue weighted by molar-refractivity contribution is -0.385. The second-order valence-corrected chi connectivity index (χ2v) is 5.89. The van der Waals surface area contributed by atoms with E-state index in [4.69, 9.17) is 21.1 Å². The number of hydrogen-bond acceptors (Lipinski definition) is 5. The molecule has 0 amide bonds. The summed E-state index contributed by atoms with van der Waals surface area (Å²) in [5, 5.41) is 11.1. The molecule has 0 unspecified atom stereocenters. The van der Waals surface area contributed by atoms with Crippen molar-refractivity contribution in [3.05, 3.63) is 75.2 Å². The summed E-state index contributed by atoms with van der Waals surface area (Å²) >= 11 is 6.14. The minimum absolute atomic E-state index is 0.0281. The fraction of sp³-hybridized carbons (Fsp3) is 0.105. The molecule has 2 aromatic carbocycles. The standard InChI is InChI=1S/C19H13ClFN2O4/c1-11-4-3-5-17(22-11)27-15-8-6-12(10-14(15)21)13-7-9-16(26-2)19(18(13)20)23(24)25/h3-6,8-10H,1-2H3. The molecule has 3 aromatic rings. The number of nitro benzene ring substituents is 1. The highest BCUT2D eigenvalue weighted by atomic mass is 35.5. The van der Waals surface area contributed by atoms with E-state index in [1.807, 2.05) is 0 Å². The van der Waals surface area contributed by atoms with Crippen molar-refractivity contribution in [2.75, 3.05) is 7.11 Å². The van der Waals surface area contributed by atoms with Gasteiger partial charge in [-0.3, -0.25) is 10.1 Å². The molecule has 0 aliphatic carbocycles. The molecule has 0 aliphatic rings. The van der Waals surface area contributed by atoms with Crippen molar-refractivity contribution >= 4 is 17.3 Å². The molecule has 0 atom stereocenters. The van der Waals surface area contributed by atoms with Gasteiger partial charge in [-0.2, -0.15) is 0 Å². The first-order valence-electron chi connectivity index (χ1n) is 7.74. The van der Waals surface area contributed by atoms with E-state index in [9.17, 15) is 14.5 Å². The van der Waals surface area contributed by atoms with Gasteiger partial charge < -0.3 is 9.47 Å². The molecule has 0 bridgehead atoms. The smallest absolute Gasteiger partial charge is 0.329 e. The summed E-state index contributed by atoms with van der Waals surface area (Å²) < 4.78 is 24.9. The third-order valence-corrected chi connectivity index (χ3v) is 4.08. The zero-order chi connectivity index (χ0) is 19.6. The fourth-order valence-corrected chi connectivity index (χ4v) is 2.78. The lowest BCUT2D eigenvalue weighted by Crippen LogP contribution is -1.97. The number of aryl methyl sites for hydroxylation is 1. The van der Waals surface area contributed by atoms with Crippen LogP contribution >= 0.6 is 11.6 Å². The molecule has 6 nitrogen and oxygen atoms in total. The van der Waals surface area contributed by atoms with E-state index in [0.717, 1.165) is 5.69 Å². The van der Waals surface area contributed by atoms with Crippen molar-refractivity contribution in [2.45, 2.75) is 6.92 Å². The van der Waals surface area contributed by atoms with Gasteiger partial charge in [0.05, 0.1) is 12.0 Å². The van der Waals surface area contributed by atoms with Crippen LogP contribution < -0.4 is 9.47 Å². The average molecular weight is 388 g/mol. The fourth-order valence-electron chi connectivity index (χ4n) is 2.46. The predicted molar refractivity (Wildman–Crippen MR) is 97.9 cm³/mol. The number of rotatable bonds is 5. The summed E-state index contributed by atoms with van der Waals surface area (Å²) in [5.74, 6) is -0.472. The van der Waals surface area contributed by atoms with Gasteiger partial charge in [0.25, 0.3) is 0 Å². The van der Waals surface area contributed by atoms with Crippen LogP contribution in [-0.4, -0.2) is 17.0 Å². The van der Waals surface area contributed by atoms with Gasteiger partial charge in [0.2, 0.25) is 5.88 Å². The molecule has 0 saturated heterocycles. The van der Waals surface area contributed by atoms with Crippen LogP contribution in [0.25, 0.3) is 11.1 Å². The first-order valence-corrected chi connectivity index (χ1v) is 8.12. The van der Waals surface area contributed by atoms with E-state index in [1.54, 1.807) is 25.1 Å². The van der Waals surface area contributed by atoms with Crippen LogP contribution in [0.15, 0.2) is 42.5 Å². The van der Waals surface area contributed by atoms with Gasteiger partial charge in [-0.15, -0.1) is 0 Å². The summed E-state index contributed by atoms with van der Waals surface area (Å²) in [5.41, 5.74) is 0.824. The quantitative estimate of drug-likeness (QED) is 0.435. The van der Waals surface area contributed by atoms with Crippen LogP contribution in [0.4, 0.5) is 10.1 Å². The van der Waals surface area contributed by atoms with Crippen LogP contribution in [-0.2, 0) is 0 Å². The lowest BCUT2D eigenvalue weighted by atomic mass is 10.0. The van der Waals surface area contributed by atoms with E-state index < -0.39 is 16.4 Å². The van der Waals surface area contributed by atoms with Gasteiger partial charge in [0, 0.05) is 17.3 Å². The molecule has 1 radical (unpaired) electrons. The van der Waals surface area contributed by atoms with Gasteiger partial charge in [-0.05, 0) is 42.8 Å². The molecule has 0 saturated carbocycles. The summed E-state index contributed by atoms with van der Waals surface area (Å²) in [6.07, 6.45) is 0. The number of methoxy groups -OCH3 is 1. The molecule has 27 heavy (non-hydrogen) atoms. The van der Waals surface area contributed by atoms with Crippen molar-refractivity contribution in [1.29, 1.82) is 0 Å². The van der Waals surface area contributed by atoms with Gasteiger partial charge in [-0.25, -0.2) is 9.37 Å². The Morgan fingerprint density at radius 2 is 2.04 bits per heavy atom. The number of nitrogens with zero attached hydrogens (tertiary/aromatic N) is 2. The first kappa shape index (κ1) is 18.6. The molecule has 137 valence electrons. The Morgan fingerprint density at radius 3 is 2.67 bits per heavy atom. The molecule has 8 heteroatoms. The lowest BCUT2D eigenvalue weighted by Gasteiger charge is -2.10. The van der Waals surface area contributed by atoms with Crippen molar-refractivity contribution in [3.8, 4) is 28.5 Å². The molecule has 0 N–H and O–H groups in total. The van der Waals surface area contributed by atoms with Crippen LogP contribution in [0.3, 0.4) is 0 Å². The Morgan fingerprint density at radius 1 is 1.26 bits per heavy atom. The van der Waals surface area contributed by atoms with E-state index in [2.05, 4.69) is 11.1 Å². The number of nitro groups is 1. The Bertz CT molecular complexity index is 1030. The minimum Gasteiger partial charge on any atom is -0.490 e. The topological polar surface area (TPSA) is 74.5 Å². The Hall–Kier alpha value is -3.19. The maximum Gasteiger partial charge on any atom is 0.329 e. The summed E-state index contributed by atoms with van der Waals surface area (Å²) in [6.45, 7) is 1.79. The normalized spacial score (nSPS) is 10.5. The molecule has 0 spiro atoms. The van der Waals surface area contributed by atoms with Crippen LogP contribution in [0, 0.1) is 28.9 Å². The van der Waals surface area contributed by atoms with Crippen molar-refractivity contribution in [2.24, 2.45) is 0 Å². The minimum atomic E-state index is -0.668. The number of aromatic nitrogens is 1. The maximum atomic E-state index is 14.5. The van der Waals surface area contributed by atoms with E-state index in [-0.39, 0.29) is 28.0 Å². The van der Waals surface area contributed by atoms with Gasteiger partial charge in [-0.1, -0.05) is 23.7 Å². The average Bonchev–Trinajstić information content (AvgIpc) is 2.63. The number of halogens is 2. The third kappa shape index (κ3) is 3.83. The predicted octanol–water partition coefficient (Wildman–Crippen LogP) is 5.36. The highest BCUT2D eigenvalue weighted by molar-refractivity contribution is 6.35. The molecule has 3 rings (SSSR count). The van der Waals surface area contributed by atoms with E-state index in [1.165, 1.54) is 31.4 Å². The number of ether oxygens (including phenoxy) is 2. The maximum absolute atomic E-state index is 14.5. The first-order chi connectivity index (χ1) is 12.9. The Kier molecular flexibility index (Phi) is 5.23. The molecule has 1 aromatic heterocycles. The highest BCUT2D eigenvalue weighted by Gasteiger charge is 2.24. The second-order valence-electron chi connectivity index (χ2n) is 5.52. The van der Waals surface area contributed by atoms with Crippen LogP contribution in [0.1, 0.15) is 5.69 Å². The number of pyridine rings is 1. The van der Waals surface area contributed by atoms with E-state index >= 15 is 0 Å². The zero-order valence-corrected chi connectivity index (χ0v) is 15.1. The molecular weight excluding hydrogens is 375 g/mol. The molecule has 0 fully saturated rings. The SMILES string of the molecule is COc1c[c]c(-c2ccc(Oc3cccc(C)n3)c(F)c2)c(Cl)c1[N+](=O)[O-]. The highest BCUT2D eigenvalue weighted by Crippen LogP contribution is 2.41. The van der Waals surface area contributed by atoms with Gasteiger partial charge in [0.1, 0.15) is 5.02 Å². The second kappa shape index (κ2) is 7.59. The molecule has 0 aliphatic heterocycles. The van der Waals surface area contributed by atoms with E-state index in [0.29, 0.717) is 5.56 Å². The summed E-state index contributed by atoms with van der Waals surface area (Å²) in [7, 11) is 1.29. The van der Waals surface area contributed by atoms with Crippen LogP contribution in [0.5, 0.6) is 17.4 Å². The Labute approximate surface area is 159 Å². The Balaban J connectivity index is 1.99. The van der Waals surface area contributed by atoms with Crippen molar-refractivity contribution in [3.63, 3.8) is 0 Å². The van der Waals surface area contributed by atoms with Crippen molar-refractivity contribution in [1.82, 2.24) is 4.98 Å². The largest absolute Gasteiger partial charge is 0.490 e. The number of benzene rings is 2. The summed E-state index contributed by atoms with van der Waals surface area (Å²) in [4.78, 5) is 14.8. The van der Waals surface area contributed by atoms with Crippen molar-refractivity contribution < 1.29 is 18.8 Å². The monoisotopic (exact) mass is 387 g/mol. The molecule has 1 heterocycles. The number of hydrogen-bond donors (Lipinski definition) is 0. The third-order valence-electron chi connectivity index (χ3n) is 3.71.